The second-order valence-corrected chi connectivity index (χ2v) is 10.3. The van der Waals surface area contributed by atoms with E-state index in [1.807, 2.05) is 19.9 Å². The molecule has 0 spiro atoms. The molecule has 9 nitrogen and oxygen atoms in total. The van der Waals surface area contributed by atoms with Crippen molar-refractivity contribution in [1.82, 2.24) is 10.2 Å². The number of ether oxygens (including phenoxy) is 1. The quantitative estimate of drug-likeness (QED) is 0.543. The summed E-state index contributed by atoms with van der Waals surface area (Å²) in [7, 11) is -2.45. The highest BCUT2D eigenvalue weighted by atomic mass is 32.2. The summed E-state index contributed by atoms with van der Waals surface area (Å²) in [4.78, 5) is 14.3. The van der Waals surface area contributed by atoms with Crippen molar-refractivity contribution in [1.29, 1.82) is 5.26 Å². The maximum Gasteiger partial charge on any atom is 0.294 e. The highest BCUT2D eigenvalue weighted by Crippen LogP contribution is 2.37. The molecule has 2 fully saturated rings. The second-order valence-electron chi connectivity index (χ2n) is 8.88. The molecular formula is C25H31N3O6S. The van der Waals surface area contributed by atoms with Gasteiger partial charge in [0.05, 0.1) is 24.1 Å². The minimum atomic E-state index is -4.02. The molecule has 2 heterocycles. The van der Waals surface area contributed by atoms with Crippen LogP contribution >= 0.6 is 0 Å². The number of aromatic hydroxyl groups is 1. The van der Waals surface area contributed by atoms with Crippen molar-refractivity contribution in [2.24, 2.45) is 0 Å². The highest BCUT2D eigenvalue weighted by molar-refractivity contribution is 7.85. The molecule has 35 heavy (non-hydrogen) atoms. The van der Waals surface area contributed by atoms with Crippen LogP contribution in [-0.4, -0.2) is 61.2 Å². The Morgan fingerprint density at radius 3 is 2.49 bits per heavy atom. The fourth-order valence-corrected chi connectivity index (χ4v) is 5.10. The molecule has 188 valence electrons. The van der Waals surface area contributed by atoms with Gasteiger partial charge in [0.1, 0.15) is 17.5 Å². The molecule has 0 unspecified atom stereocenters. The van der Waals surface area contributed by atoms with Crippen LogP contribution in [0.15, 0.2) is 41.3 Å². The minimum absolute atomic E-state index is 0.00667. The number of phenolic OH excluding ortho intramolecular Hbond substituents is 1. The van der Waals surface area contributed by atoms with Gasteiger partial charge in [0.2, 0.25) is 5.91 Å². The predicted molar refractivity (Wildman–Crippen MR) is 130 cm³/mol. The maximum absolute atomic E-state index is 12.7. The lowest BCUT2D eigenvalue weighted by molar-refractivity contribution is -0.133. The van der Waals surface area contributed by atoms with Crippen molar-refractivity contribution in [3.63, 3.8) is 0 Å². The Balaban J connectivity index is 0.000000261. The molecule has 10 heteroatoms. The highest BCUT2D eigenvalue weighted by Gasteiger charge is 2.38. The Morgan fingerprint density at radius 2 is 1.91 bits per heavy atom. The van der Waals surface area contributed by atoms with Gasteiger partial charge in [0.15, 0.2) is 0 Å². The monoisotopic (exact) mass is 501 g/mol. The number of methoxy groups -OCH3 is 1. The summed E-state index contributed by atoms with van der Waals surface area (Å²) in [5.74, 6) is 0.921. The van der Waals surface area contributed by atoms with Crippen LogP contribution in [0.25, 0.3) is 0 Å². The Morgan fingerprint density at radius 1 is 1.23 bits per heavy atom. The SMILES string of the molecule is COc1cc(C)c([C@@H]2CN[C@H](C(=O)N3CCC[C@H]3C#N)C2)c(O)c1.Cc1ccc(S(=O)(=O)O)cc1. The third-order valence-electron chi connectivity index (χ3n) is 6.42. The van der Waals surface area contributed by atoms with Crippen LogP contribution in [0.4, 0.5) is 0 Å². The van der Waals surface area contributed by atoms with Gasteiger partial charge in [-0.25, -0.2) is 0 Å². The number of phenols is 1. The molecule has 2 aliphatic rings. The molecule has 3 atom stereocenters. The molecule has 2 aliphatic heterocycles. The van der Waals surface area contributed by atoms with Crippen LogP contribution in [0.3, 0.4) is 0 Å². The minimum Gasteiger partial charge on any atom is -0.508 e. The molecule has 0 radical (unpaired) electrons. The Hall–Kier alpha value is -3.13. The van der Waals surface area contributed by atoms with E-state index in [-0.39, 0.29) is 34.6 Å². The van der Waals surface area contributed by atoms with E-state index >= 15 is 0 Å². The van der Waals surface area contributed by atoms with Crippen LogP contribution in [0.2, 0.25) is 0 Å². The van der Waals surface area contributed by atoms with Gasteiger partial charge in [-0.05, 0) is 56.9 Å². The topological polar surface area (TPSA) is 140 Å². The molecule has 2 aromatic rings. The standard InChI is InChI=1S/C18H23N3O3.C7H8O3S/c1-11-6-14(24-2)8-16(22)17(11)12-7-15(20-10-12)18(23)21-5-3-4-13(21)9-19;1-6-2-4-7(5-3-6)11(8,9)10/h6,8,12-13,15,20,22H,3-5,7,10H2,1-2H3;2-5H,1H3,(H,8,9,10)/t12-,13-,15-;/m0./s1. The number of likely N-dealkylation sites (tertiary alicyclic amines) is 1. The molecule has 1 amide bonds. The number of hydrogen-bond acceptors (Lipinski definition) is 7. The Bertz CT molecular complexity index is 1180. The fraction of sp³-hybridized carbons (Fsp3) is 0.440. The number of nitrogens with one attached hydrogen (secondary N) is 1. The summed E-state index contributed by atoms with van der Waals surface area (Å²) in [5.41, 5.74) is 2.79. The number of hydrogen-bond donors (Lipinski definition) is 3. The summed E-state index contributed by atoms with van der Waals surface area (Å²) < 4.78 is 34.7. The van der Waals surface area contributed by atoms with Crippen LogP contribution in [0.1, 0.15) is 41.9 Å². The largest absolute Gasteiger partial charge is 0.508 e. The maximum atomic E-state index is 12.7. The first-order valence-corrected chi connectivity index (χ1v) is 12.8. The van der Waals surface area contributed by atoms with Crippen molar-refractivity contribution in [3.05, 3.63) is 53.1 Å². The number of carbonyl (C=O) groups excluding carboxylic acids is 1. The second kappa shape index (κ2) is 11.1. The third kappa shape index (κ3) is 6.31. The average Bonchev–Trinajstić information content (AvgIpc) is 3.48. The van der Waals surface area contributed by atoms with Crippen molar-refractivity contribution in [3.8, 4) is 17.6 Å². The summed E-state index contributed by atoms with van der Waals surface area (Å²) >= 11 is 0. The van der Waals surface area contributed by atoms with Crippen LogP contribution in [-0.2, 0) is 14.9 Å². The number of amides is 1. The first-order chi connectivity index (χ1) is 16.5. The normalized spacial score (nSPS) is 21.7. The van der Waals surface area contributed by atoms with Crippen LogP contribution in [0, 0.1) is 25.2 Å². The van der Waals surface area contributed by atoms with E-state index in [4.69, 9.17) is 9.29 Å². The number of benzene rings is 2. The third-order valence-corrected chi connectivity index (χ3v) is 7.28. The van der Waals surface area contributed by atoms with E-state index in [0.29, 0.717) is 25.3 Å². The van der Waals surface area contributed by atoms with Gasteiger partial charge in [-0.3, -0.25) is 9.35 Å². The molecule has 2 saturated heterocycles. The predicted octanol–water partition coefficient (Wildman–Crippen LogP) is 2.91. The van der Waals surface area contributed by atoms with E-state index in [2.05, 4.69) is 11.4 Å². The number of nitrogens with zero attached hydrogens (tertiary/aromatic N) is 2. The summed E-state index contributed by atoms with van der Waals surface area (Å²) in [6.07, 6.45) is 2.28. The first-order valence-electron chi connectivity index (χ1n) is 11.4. The molecule has 0 aromatic heterocycles. The molecule has 0 saturated carbocycles. The number of nitriles is 1. The van der Waals surface area contributed by atoms with Crippen molar-refractivity contribution in [2.75, 3.05) is 20.2 Å². The van der Waals surface area contributed by atoms with E-state index < -0.39 is 10.1 Å². The Kier molecular flexibility index (Phi) is 8.38. The molecule has 2 aromatic carbocycles. The smallest absolute Gasteiger partial charge is 0.294 e. The summed E-state index contributed by atoms with van der Waals surface area (Å²) in [6.45, 7) is 5.08. The molecule has 4 rings (SSSR count). The lowest BCUT2D eigenvalue weighted by Crippen LogP contribution is -2.45. The van der Waals surface area contributed by atoms with Gasteiger partial charge in [-0.15, -0.1) is 0 Å². The summed E-state index contributed by atoms with van der Waals surface area (Å²) in [6, 6.07) is 11.1. The lowest BCUT2D eigenvalue weighted by atomic mass is 9.91. The average molecular weight is 502 g/mol. The number of carbonyl (C=O) groups is 1. The van der Waals surface area contributed by atoms with Gasteiger partial charge in [-0.2, -0.15) is 13.7 Å². The molecular weight excluding hydrogens is 470 g/mol. The Labute approximate surface area is 206 Å². The van der Waals surface area contributed by atoms with Crippen molar-refractivity contribution in [2.45, 2.75) is 56.0 Å². The van der Waals surface area contributed by atoms with Crippen molar-refractivity contribution >= 4 is 16.0 Å². The van der Waals surface area contributed by atoms with E-state index in [1.165, 1.54) is 12.1 Å². The number of aryl methyl sites for hydroxylation is 2. The van der Waals surface area contributed by atoms with Gasteiger partial charge in [0.25, 0.3) is 10.1 Å². The van der Waals surface area contributed by atoms with Gasteiger partial charge in [-0.1, -0.05) is 17.7 Å². The zero-order valence-corrected chi connectivity index (χ0v) is 20.9. The molecule has 3 N–H and O–H groups in total. The summed E-state index contributed by atoms with van der Waals surface area (Å²) in [5, 5.41) is 22.8. The zero-order chi connectivity index (χ0) is 25.8. The molecule has 0 bridgehead atoms. The van der Waals surface area contributed by atoms with Gasteiger partial charge < -0.3 is 20.1 Å². The van der Waals surface area contributed by atoms with E-state index in [9.17, 15) is 23.6 Å². The van der Waals surface area contributed by atoms with Gasteiger partial charge >= 0.3 is 0 Å². The fourth-order valence-electron chi connectivity index (χ4n) is 4.62. The first kappa shape index (κ1) is 26.5. The number of rotatable bonds is 4. The van der Waals surface area contributed by atoms with Crippen molar-refractivity contribution < 1.29 is 27.6 Å². The molecule has 0 aliphatic carbocycles. The van der Waals surface area contributed by atoms with Gasteiger partial charge in [0, 0.05) is 30.6 Å². The van der Waals surface area contributed by atoms with Crippen LogP contribution in [0.5, 0.6) is 11.5 Å². The lowest BCUT2D eigenvalue weighted by Gasteiger charge is -2.23. The van der Waals surface area contributed by atoms with E-state index in [1.54, 1.807) is 30.2 Å². The zero-order valence-electron chi connectivity index (χ0n) is 20.1. The van der Waals surface area contributed by atoms with E-state index in [0.717, 1.165) is 29.5 Å². The van der Waals surface area contributed by atoms with Crippen LogP contribution < -0.4 is 10.1 Å².